The van der Waals surface area contributed by atoms with Crippen molar-refractivity contribution in [1.29, 1.82) is 0 Å². The van der Waals surface area contributed by atoms with Crippen molar-refractivity contribution in [1.82, 2.24) is 5.32 Å². The van der Waals surface area contributed by atoms with E-state index in [1.54, 1.807) is 0 Å². The molecule has 1 amide bonds. The standard InChI is InChI=1S/C15H21ClN2O3/c1-2-3-4-5-6-7-10-17-15(19)12-8-9-14(18(20)21)13(16)11-12/h8-9,11H,2-7,10H2,1H3,(H,17,19). The molecule has 5 nitrogen and oxygen atoms in total. The minimum Gasteiger partial charge on any atom is -0.352 e. The van der Waals surface area contributed by atoms with E-state index in [1.807, 2.05) is 0 Å². The normalized spacial score (nSPS) is 10.4. The largest absolute Gasteiger partial charge is 0.352 e. The van der Waals surface area contributed by atoms with Crippen molar-refractivity contribution < 1.29 is 9.72 Å². The fourth-order valence-electron chi connectivity index (χ4n) is 2.01. The molecule has 21 heavy (non-hydrogen) atoms. The van der Waals surface area contributed by atoms with Crippen LogP contribution in [0.5, 0.6) is 0 Å². The van der Waals surface area contributed by atoms with Crippen LogP contribution in [0.1, 0.15) is 55.8 Å². The predicted octanol–water partition coefficient (Wildman–Crippen LogP) is 4.34. The Hall–Kier alpha value is -1.62. The van der Waals surface area contributed by atoms with E-state index in [2.05, 4.69) is 12.2 Å². The number of nitrogens with zero attached hydrogens (tertiary/aromatic N) is 1. The molecule has 0 aromatic heterocycles. The maximum atomic E-state index is 11.9. The summed E-state index contributed by atoms with van der Waals surface area (Å²) in [6, 6.07) is 4.00. The van der Waals surface area contributed by atoms with E-state index in [0.29, 0.717) is 12.1 Å². The highest BCUT2D eigenvalue weighted by Crippen LogP contribution is 2.24. The summed E-state index contributed by atoms with van der Waals surface area (Å²) in [6.45, 7) is 2.79. The fourth-order valence-corrected chi connectivity index (χ4v) is 2.26. The number of hydrogen-bond acceptors (Lipinski definition) is 3. The van der Waals surface area contributed by atoms with Crippen LogP contribution in [0.4, 0.5) is 5.69 Å². The van der Waals surface area contributed by atoms with Crippen LogP contribution in [0, 0.1) is 10.1 Å². The van der Waals surface area contributed by atoms with Crippen LogP contribution >= 0.6 is 11.6 Å². The molecule has 0 bridgehead atoms. The van der Waals surface area contributed by atoms with E-state index < -0.39 is 4.92 Å². The van der Waals surface area contributed by atoms with Gasteiger partial charge in [0.15, 0.2) is 0 Å². The molecule has 1 N–H and O–H groups in total. The lowest BCUT2D eigenvalue weighted by molar-refractivity contribution is -0.384. The van der Waals surface area contributed by atoms with Crippen LogP contribution in [0.15, 0.2) is 18.2 Å². The number of rotatable bonds is 9. The molecule has 0 radical (unpaired) electrons. The maximum Gasteiger partial charge on any atom is 0.287 e. The average Bonchev–Trinajstić information content (AvgIpc) is 2.45. The minimum absolute atomic E-state index is 0.0211. The molecular formula is C15H21ClN2O3. The Morgan fingerprint density at radius 2 is 1.90 bits per heavy atom. The first-order valence-electron chi connectivity index (χ1n) is 7.28. The number of halogens is 1. The van der Waals surface area contributed by atoms with Gasteiger partial charge in [0.2, 0.25) is 0 Å². The number of carbonyl (C=O) groups is 1. The van der Waals surface area contributed by atoms with Crippen LogP contribution in [-0.2, 0) is 0 Å². The predicted molar refractivity (Wildman–Crippen MR) is 83.8 cm³/mol. The van der Waals surface area contributed by atoms with E-state index in [4.69, 9.17) is 11.6 Å². The molecule has 1 rings (SSSR count). The van der Waals surface area contributed by atoms with Gasteiger partial charge in [-0.3, -0.25) is 14.9 Å². The summed E-state index contributed by atoms with van der Waals surface area (Å²) < 4.78 is 0. The van der Waals surface area contributed by atoms with Crippen molar-refractivity contribution in [2.45, 2.75) is 45.4 Å². The number of benzene rings is 1. The zero-order chi connectivity index (χ0) is 15.7. The Balaban J connectivity index is 2.35. The lowest BCUT2D eigenvalue weighted by Crippen LogP contribution is -2.24. The molecule has 0 aliphatic heterocycles. The zero-order valence-electron chi connectivity index (χ0n) is 12.2. The molecule has 0 heterocycles. The number of carbonyl (C=O) groups excluding carboxylic acids is 1. The van der Waals surface area contributed by atoms with Crippen LogP contribution in [0.3, 0.4) is 0 Å². The number of nitrogens with one attached hydrogen (secondary N) is 1. The Bertz CT molecular complexity index is 492. The van der Waals surface area contributed by atoms with Crippen molar-refractivity contribution in [3.63, 3.8) is 0 Å². The SMILES string of the molecule is CCCCCCCCNC(=O)c1ccc([N+](=O)[O-])c(Cl)c1. The van der Waals surface area contributed by atoms with Gasteiger partial charge < -0.3 is 5.32 Å². The molecule has 0 atom stereocenters. The maximum absolute atomic E-state index is 11.9. The second-order valence-electron chi connectivity index (χ2n) is 4.95. The lowest BCUT2D eigenvalue weighted by atomic mass is 10.1. The Morgan fingerprint density at radius 1 is 1.24 bits per heavy atom. The molecule has 1 aromatic rings. The Morgan fingerprint density at radius 3 is 2.52 bits per heavy atom. The van der Waals surface area contributed by atoms with Crippen LogP contribution < -0.4 is 5.32 Å². The zero-order valence-corrected chi connectivity index (χ0v) is 13.0. The topological polar surface area (TPSA) is 72.2 Å². The first-order valence-corrected chi connectivity index (χ1v) is 7.66. The van der Waals surface area contributed by atoms with Gasteiger partial charge in [0.05, 0.1) is 4.92 Å². The quantitative estimate of drug-likeness (QED) is 0.419. The van der Waals surface area contributed by atoms with Crippen molar-refractivity contribution in [2.24, 2.45) is 0 Å². The smallest absolute Gasteiger partial charge is 0.287 e. The average molecular weight is 313 g/mol. The molecule has 0 aliphatic carbocycles. The molecule has 0 unspecified atom stereocenters. The van der Waals surface area contributed by atoms with E-state index >= 15 is 0 Å². The third-order valence-electron chi connectivity index (χ3n) is 3.22. The van der Waals surface area contributed by atoms with Gasteiger partial charge in [-0.2, -0.15) is 0 Å². The second-order valence-corrected chi connectivity index (χ2v) is 5.35. The van der Waals surface area contributed by atoms with E-state index in [-0.39, 0.29) is 16.6 Å². The molecular weight excluding hydrogens is 292 g/mol. The summed E-state index contributed by atoms with van der Waals surface area (Å²) in [4.78, 5) is 21.9. The van der Waals surface area contributed by atoms with Gasteiger partial charge in [-0.25, -0.2) is 0 Å². The van der Waals surface area contributed by atoms with Crippen molar-refractivity contribution in [2.75, 3.05) is 6.54 Å². The van der Waals surface area contributed by atoms with Gasteiger partial charge in [-0.15, -0.1) is 0 Å². The van der Waals surface area contributed by atoms with Gasteiger partial charge in [-0.05, 0) is 18.6 Å². The monoisotopic (exact) mass is 312 g/mol. The molecule has 0 saturated heterocycles. The number of unbranched alkanes of at least 4 members (excludes halogenated alkanes) is 5. The fraction of sp³-hybridized carbons (Fsp3) is 0.533. The molecule has 0 aliphatic rings. The summed E-state index contributed by atoms with van der Waals surface area (Å²) in [7, 11) is 0. The van der Waals surface area contributed by atoms with Crippen molar-refractivity contribution in [3.05, 3.63) is 38.9 Å². The van der Waals surface area contributed by atoms with Crippen LogP contribution in [0.2, 0.25) is 5.02 Å². The summed E-state index contributed by atoms with van der Waals surface area (Å²) in [5.41, 5.74) is 0.153. The van der Waals surface area contributed by atoms with Crippen LogP contribution in [-0.4, -0.2) is 17.4 Å². The van der Waals surface area contributed by atoms with Crippen molar-refractivity contribution >= 4 is 23.2 Å². The van der Waals surface area contributed by atoms with E-state index in [0.717, 1.165) is 12.8 Å². The Kier molecular flexibility index (Phi) is 7.75. The summed E-state index contributed by atoms with van der Waals surface area (Å²) in [5, 5.41) is 13.4. The highest BCUT2D eigenvalue weighted by Gasteiger charge is 2.14. The number of amides is 1. The summed E-state index contributed by atoms with van der Waals surface area (Å²) in [6.07, 6.45) is 6.94. The van der Waals surface area contributed by atoms with E-state index in [1.165, 1.54) is 43.9 Å². The third kappa shape index (κ3) is 6.12. The van der Waals surface area contributed by atoms with Crippen LogP contribution in [0.25, 0.3) is 0 Å². The highest BCUT2D eigenvalue weighted by molar-refractivity contribution is 6.33. The first-order chi connectivity index (χ1) is 10.1. The summed E-state index contributed by atoms with van der Waals surface area (Å²) in [5.74, 6) is -0.250. The number of hydrogen-bond donors (Lipinski definition) is 1. The van der Waals surface area contributed by atoms with E-state index in [9.17, 15) is 14.9 Å². The molecule has 1 aromatic carbocycles. The van der Waals surface area contributed by atoms with Crippen molar-refractivity contribution in [3.8, 4) is 0 Å². The third-order valence-corrected chi connectivity index (χ3v) is 3.53. The highest BCUT2D eigenvalue weighted by atomic mass is 35.5. The Labute approximate surface area is 129 Å². The van der Waals surface area contributed by atoms with Gasteiger partial charge in [0.25, 0.3) is 11.6 Å². The molecule has 0 saturated carbocycles. The van der Waals surface area contributed by atoms with Gasteiger partial charge in [0, 0.05) is 18.2 Å². The second kappa shape index (κ2) is 9.34. The van der Waals surface area contributed by atoms with Gasteiger partial charge in [-0.1, -0.05) is 50.6 Å². The molecule has 6 heteroatoms. The number of nitro benzene ring substituents is 1. The number of nitro groups is 1. The molecule has 116 valence electrons. The first kappa shape index (κ1) is 17.4. The van der Waals surface area contributed by atoms with Gasteiger partial charge in [0.1, 0.15) is 5.02 Å². The minimum atomic E-state index is -0.569. The summed E-state index contributed by atoms with van der Waals surface area (Å²) >= 11 is 5.78. The molecule has 0 spiro atoms. The lowest BCUT2D eigenvalue weighted by Gasteiger charge is -2.06. The van der Waals surface area contributed by atoms with Gasteiger partial charge >= 0.3 is 0 Å². The molecule has 0 fully saturated rings.